The lowest BCUT2D eigenvalue weighted by Crippen LogP contribution is -2.49. The summed E-state index contributed by atoms with van der Waals surface area (Å²) >= 11 is 0. The Morgan fingerprint density at radius 2 is 0.394 bits per heavy atom. The van der Waals surface area contributed by atoms with E-state index in [1.54, 1.807) is 0 Å². The molecule has 0 bridgehead atoms. The molecule has 0 radical (unpaired) electrons. The van der Waals surface area contributed by atoms with Crippen LogP contribution in [0.3, 0.4) is 0 Å². The van der Waals surface area contributed by atoms with Crippen LogP contribution in [0.1, 0.15) is 426 Å². The quantitative estimate of drug-likeness (QED) is 0.0354. The van der Waals surface area contributed by atoms with Crippen LogP contribution in [0.25, 0.3) is 0 Å². The summed E-state index contributed by atoms with van der Waals surface area (Å²) in [6, 6.07) is 0. The highest BCUT2D eigenvalue weighted by Gasteiger charge is 2.53. The maximum absolute atomic E-state index is 16.0. The normalized spacial score (nSPS) is 17.4. The molecule has 0 rings (SSSR count). The first-order valence-corrected chi connectivity index (χ1v) is 41.0. The van der Waals surface area contributed by atoms with Gasteiger partial charge < -0.3 is 19.3 Å². The van der Waals surface area contributed by atoms with Crippen molar-refractivity contribution in [3.05, 3.63) is 0 Å². The van der Waals surface area contributed by atoms with Crippen molar-refractivity contribution >= 4 is 35.8 Å². The summed E-state index contributed by atoms with van der Waals surface area (Å²) in [5, 5.41) is 13.4. The summed E-state index contributed by atoms with van der Waals surface area (Å²) in [5.74, 6) is -4.14. The fourth-order valence-corrected chi connectivity index (χ4v) is 16.4. The van der Waals surface area contributed by atoms with E-state index in [0.29, 0.717) is 57.8 Å². The van der Waals surface area contributed by atoms with Gasteiger partial charge in [0.1, 0.15) is 0 Å². The molecule has 10 nitrogen and oxygen atoms in total. The third kappa shape index (κ3) is 34.4. The number of ether oxygens (including phenoxy) is 3. The predicted molar refractivity (Wildman–Crippen MR) is 396 cm³/mol. The molecular weight excluding hydrogens is 1170 g/mol. The Bertz CT molecular complexity index is 1730. The van der Waals surface area contributed by atoms with E-state index in [4.69, 9.17) is 14.2 Å². The van der Waals surface area contributed by atoms with Crippen LogP contribution in [0.15, 0.2) is 0 Å². The van der Waals surface area contributed by atoms with Gasteiger partial charge in [-0.2, -0.15) is 0 Å². The largest absolute Gasteiger partial charge is 0.393 e. The molecule has 1 N–H and O–H groups in total. The molecule has 9 unspecified atom stereocenters. The zero-order valence-electron chi connectivity index (χ0n) is 65.6. The van der Waals surface area contributed by atoms with Gasteiger partial charge in [-0.3, -0.25) is 24.0 Å². The van der Waals surface area contributed by atoms with Crippen LogP contribution in [0, 0.1) is 69.5 Å². The molecule has 554 valence electrons. The van der Waals surface area contributed by atoms with Gasteiger partial charge in [0.25, 0.3) is 0 Å². The van der Waals surface area contributed by atoms with Crippen molar-refractivity contribution in [1.29, 1.82) is 0 Å². The summed E-state index contributed by atoms with van der Waals surface area (Å²) in [7, 11) is 0. The minimum atomic E-state index is -3.05. The summed E-state index contributed by atoms with van der Waals surface area (Å²) in [4.78, 5) is 94.1. The monoisotopic (exact) mass is 1330 g/mol. The second kappa shape index (κ2) is 53.3. The standard InChI is InChI=1S/C84H158O10/c1-19-37-46-66(28-10)55-81(56-67(29-11)47-38-20-2,57-68(30-12)48-39-21-3)77(87)92-75(85)64-84(91,80(90)94-79(89)83(61-72(34-16)52-43-25-7,62-73(35-17)53-44-26-8)63-74(36-18)54-45-27-9)65-76(86)93-78(88)82(58-69(31-13)49-40-22-4,59-70(32-14)50-41-23-5)60-71(33-15)51-42-24-6/h66-74,91H,19-65H2,1-18H3. The van der Waals surface area contributed by atoms with E-state index in [0.717, 1.165) is 231 Å². The molecular formula is C84H158O10. The SMILES string of the molecule is CCCCC(CC)CC(CC(CC)CCCC)(CC(CC)CCCC)C(=O)OC(=O)CC(O)(CC(=O)OC(=O)C(CC(CC)CCCC)(CC(CC)CCCC)CC(CC)CCCC)C(=O)OC(=O)C(CC(CC)CCCC)(CC(CC)CCCC)CC(CC)CCCC. The zero-order chi connectivity index (χ0) is 71.0. The maximum Gasteiger partial charge on any atom is 0.347 e. The molecule has 0 saturated carbocycles. The number of carbonyl (C=O) groups excluding carboxylic acids is 6. The van der Waals surface area contributed by atoms with Crippen LogP contribution >= 0.6 is 0 Å². The Hall–Kier alpha value is -2.62. The van der Waals surface area contributed by atoms with Gasteiger partial charge in [-0.05, 0) is 111 Å². The highest BCUT2D eigenvalue weighted by molar-refractivity contribution is 6.00. The van der Waals surface area contributed by atoms with Crippen LogP contribution in [0.5, 0.6) is 0 Å². The molecule has 0 saturated heterocycles. The van der Waals surface area contributed by atoms with E-state index < -0.39 is 70.5 Å². The van der Waals surface area contributed by atoms with E-state index in [2.05, 4.69) is 125 Å². The topological polar surface area (TPSA) is 150 Å². The van der Waals surface area contributed by atoms with E-state index >= 15 is 28.8 Å². The molecule has 0 aliphatic carbocycles. The number of unbranched alkanes of at least 4 members (excludes halogenated alkanes) is 9. The molecule has 10 heteroatoms. The lowest BCUT2D eigenvalue weighted by Gasteiger charge is -2.40. The van der Waals surface area contributed by atoms with Crippen molar-refractivity contribution in [3.8, 4) is 0 Å². The Morgan fingerprint density at radius 3 is 0.532 bits per heavy atom. The van der Waals surface area contributed by atoms with Crippen LogP contribution in [0.4, 0.5) is 0 Å². The van der Waals surface area contributed by atoms with Crippen molar-refractivity contribution in [2.24, 2.45) is 69.5 Å². The highest BCUT2D eigenvalue weighted by Crippen LogP contribution is 2.50. The summed E-state index contributed by atoms with van der Waals surface area (Å²) < 4.78 is 18.8. The van der Waals surface area contributed by atoms with E-state index in [-0.39, 0.29) is 53.3 Å². The lowest BCUT2D eigenvalue weighted by molar-refractivity contribution is -0.191. The third-order valence-corrected chi connectivity index (χ3v) is 23.2. The molecule has 0 heterocycles. The number of esters is 6. The number of aliphatic hydroxyl groups is 1. The molecule has 0 aromatic rings. The van der Waals surface area contributed by atoms with Crippen LogP contribution in [-0.4, -0.2) is 46.5 Å². The van der Waals surface area contributed by atoms with Gasteiger partial charge in [-0.1, -0.05) is 356 Å². The smallest absolute Gasteiger partial charge is 0.347 e. The fourth-order valence-electron chi connectivity index (χ4n) is 16.4. The van der Waals surface area contributed by atoms with Crippen LogP contribution < -0.4 is 0 Å². The molecule has 0 spiro atoms. The Kier molecular flexibility index (Phi) is 51.8. The van der Waals surface area contributed by atoms with Crippen LogP contribution in [0.2, 0.25) is 0 Å². The van der Waals surface area contributed by atoms with Gasteiger partial charge in [-0.15, -0.1) is 0 Å². The van der Waals surface area contributed by atoms with Gasteiger partial charge in [0.15, 0.2) is 5.60 Å². The lowest BCUT2D eigenvalue weighted by atomic mass is 9.65. The van der Waals surface area contributed by atoms with Gasteiger partial charge in [-0.25, -0.2) is 4.79 Å². The second-order valence-corrected chi connectivity index (χ2v) is 31.0. The fraction of sp³-hybridized carbons (Fsp3) is 0.929. The first-order valence-electron chi connectivity index (χ1n) is 41.0. The van der Waals surface area contributed by atoms with Crippen molar-refractivity contribution in [1.82, 2.24) is 0 Å². The van der Waals surface area contributed by atoms with Gasteiger partial charge >= 0.3 is 35.8 Å². The zero-order valence-corrected chi connectivity index (χ0v) is 65.6. The Balaban J connectivity index is 8.99. The summed E-state index contributed by atoms with van der Waals surface area (Å²) in [5.41, 5.74) is -6.26. The Morgan fingerprint density at radius 1 is 0.245 bits per heavy atom. The molecule has 0 aliphatic heterocycles. The maximum atomic E-state index is 16.0. The number of carbonyl (C=O) groups is 6. The van der Waals surface area contributed by atoms with Crippen LogP contribution in [-0.2, 0) is 43.0 Å². The van der Waals surface area contributed by atoms with Gasteiger partial charge in [0.05, 0.1) is 29.1 Å². The van der Waals surface area contributed by atoms with Gasteiger partial charge in [0, 0.05) is 0 Å². The third-order valence-electron chi connectivity index (χ3n) is 23.2. The minimum absolute atomic E-state index is 0.159. The van der Waals surface area contributed by atoms with Crippen molar-refractivity contribution in [2.75, 3.05) is 0 Å². The molecule has 0 aromatic carbocycles. The molecule has 9 atom stereocenters. The van der Waals surface area contributed by atoms with Gasteiger partial charge in [0.2, 0.25) is 0 Å². The number of rotatable bonds is 62. The average Bonchev–Trinajstić information content (AvgIpc) is 0.878. The molecule has 0 aromatic heterocycles. The highest BCUT2D eigenvalue weighted by atomic mass is 16.6. The summed E-state index contributed by atoms with van der Waals surface area (Å²) in [6.07, 6.45) is 36.8. The first kappa shape index (κ1) is 91.4. The van der Waals surface area contributed by atoms with E-state index in [1.807, 2.05) is 0 Å². The number of hydrogen-bond donors (Lipinski definition) is 1. The Labute approximate surface area is 582 Å². The summed E-state index contributed by atoms with van der Waals surface area (Å²) in [6.45, 7) is 39.3. The second-order valence-electron chi connectivity index (χ2n) is 31.0. The van der Waals surface area contributed by atoms with Crippen molar-refractivity contribution < 1.29 is 48.1 Å². The molecule has 94 heavy (non-hydrogen) atoms. The molecule has 0 fully saturated rings. The minimum Gasteiger partial charge on any atom is -0.393 e. The van der Waals surface area contributed by atoms with Crippen molar-refractivity contribution in [2.45, 2.75) is 432 Å². The number of hydrogen-bond acceptors (Lipinski definition) is 10. The average molecular weight is 1330 g/mol. The first-order chi connectivity index (χ1) is 45.0. The van der Waals surface area contributed by atoms with Crippen molar-refractivity contribution in [3.63, 3.8) is 0 Å². The van der Waals surface area contributed by atoms with E-state index in [1.165, 1.54) is 0 Å². The predicted octanol–water partition coefficient (Wildman–Crippen LogP) is 25.1. The molecule has 0 amide bonds. The molecule has 0 aliphatic rings. The van der Waals surface area contributed by atoms with E-state index in [9.17, 15) is 5.11 Å².